The number of anilines is 1. The lowest BCUT2D eigenvalue weighted by Gasteiger charge is -2.32. The Morgan fingerprint density at radius 3 is 1.82 bits per heavy atom. The standard InChI is InChI=1S/C35H30F6N2O2/c36-34(37,38)28-20-29(35(39,40)41)22-30(21-28)42-32(44)31-19-27(12-11-26(31)18-24-9-5-2-6-10-24)33(45)43-15-13-25(14-16-43)17-23-7-3-1-4-8-23/h1-12,19-22,25H,13-18H2,(H,42,44). The molecule has 0 aromatic heterocycles. The number of carbonyl (C=O) groups is 2. The van der Waals surface area contributed by atoms with Crippen LogP contribution >= 0.6 is 0 Å². The molecule has 1 heterocycles. The van der Waals surface area contributed by atoms with E-state index in [4.69, 9.17) is 0 Å². The van der Waals surface area contributed by atoms with Gasteiger partial charge >= 0.3 is 12.4 Å². The summed E-state index contributed by atoms with van der Waals surface area (Å²) in [7, 11) is 0. The van der Waals surface area contributed by atoms with Crippen molar-refractivity contribution in [1.29, 1.82) is 0 Å². The zero-order valence-corrected chi connectivity index (χ0v) is 24.1. The van der Waals surface area contributed by atoms with Crippen LogP contribution < -0.4 is 5.32 Å². The Kier molecular flexibility index (Phi) is 9.32. The van der Waals surface area contributed by atoms with E-state index >= 15 is 0 Å². The van der Waals surface area contributed by atoms with Crippen molar-refractivity contribution < 1.29 is 35.9 Å². The number of benzene rings is 4. The predicted octanol–water partition coefficient (Wildman–Crippen LogP) is 8.66. The average molecular weight is 625 g/mol. The zero-order chi connectivity index (χ0) is 32.2. The first-order chi connectivity index (χ1) is 21.4. The molecule has 234 valence electrons. The number of rotatable bonds is 7. The number of carbonyl (C=O) groups excluding carboxylic acids is 2. The van der Waals surface area contributed by atoms with E-state index in [1.165, 1.54) is 11.6 Å². The summed E-state index contributed by atoms with van der Waals surface area (Å²) in [6, 6.07) is 24.6. The highest BCUT2D eigenvalue weighted by molar-refractivity contribution is 6.07. The van der Waals surface area contributed by atoms with Crippen LogP contribution in [0.2, 0.25) is 0 Å². The Bertz CT molecular complexity index is 1610. The van der Waals surface area contributed by atoms with Gasteiger partial charge in [-0.25, -0.2) is 0 Å². The molecule has 1 N–H and O–H groups in total. The highest BCUT2D eigenvalue weighted by atomic mass is 19.4. The molecule has 0 aliphatic carbocycles. The molecule has 1 aliphatic rings. The molecule has 4 aromatic rings. The van der Waals surface area contributed by atoms with E-state index in [0.29, 0.717) is 36.7 Å². The van der Waals surface area contributed by atoms with Gasteiger partial charge in [0.15, 0.2) is 0 Å². The van der Waals surface area contributed by atoms with E-state index in [2.05, 4.69) is 17.4 Å². The molecule has 5 rings (SSSR count). The normalized spacial score (nSPS) is 14.3. The van der Waals surface area contributed by atoms with Crippen LogP contribution in [0.15, 0.2) is 97.1 Å². The minimum atomic E-state index is -5.07. The fraction of sp³-hybridized carbons (Fsp3) is 0.257. The fourth-order valence-electron chi connectivity index (χ4n) is 5.59. The van der Waals surface area contributed by atoms with Gasteiger partial charge < -0.3 is 10.2 Å². The number of likely N-dealkylation sites (tertiary alicyclic amines) is 1. The molecular weight excluding hydrogens is 594 g/mol. The number of nitrogens with zero attached hydrogens (tertiary/aromatic N) is 1. The quantitative estimate of drug-likeness (QED) is 0.209. The number of hydrogen-bond acceptors (Lipinski definition) is 2. The van der Waals surface area contributed by atoms with Crippen LogP contribution in [0.25, 0.3) is 0 Å². The van der Waals surface area contributed by atoms with E-state index in [1.807, 2.05) is 36.4 Å². The number of alkyl halides is 6. The van der Waals surface area contributed by atoms with Crippen LogP contribution in [0.3, 0.4) is 0 Å². The first kappa shape index (κ1) is 31.8. The van der Waals surface area contributed by atoms with Crippen LogP contribution in [-0.4, -0.2) is 29.8 Å². The van der Waals surface area contributed by atoms with Gasteiger partial charge in [0.2, 0.25) is 0 Å². The van der Waals surface area contributed by atoms with Crippen LogP contribution in [0.1, 0.15) is 61.4 Å². The molecule has 0 saturated carbocycles. The molecule has 4 aromatic carbocycles. The van der Waals surface area contributed by atoms with Gasteiger partial charge in [-0.2, -0.15) is 26.3 Å². The molecule has 0 unspecified atom stereocenters. The van der Waals surface area contributed by atoms with E-state index in [0.717, 1.165) is 24.8 Å². The number of nitrogens with one attached hydrogen (secondary N) is 1. The topological polar surface area (TPSA) is 49.4 Å². The van der Waals surface area contributed by atoms with E-state index in [-0.39, 0.29) is 29.5 Å². The Morgan fingerprint density at radius 1 is 0.711 bits per heavy atom. The SMILES string of the molecule is O=C(Nc1cc(C(F)(F)F)cc(C(F)(F)F)c1)c1cc(C(=O)N2CCC(Cc3ccccc3)CC2)ccc1Cc1ccccc1. The summed E-state index contributed by atoms with van der Waals surface area (Å²) >= 11 is 0. The van der Waals surface area contributed by atoms with Gasteiger partial charge in [0.25, 0.3) is 11.8 Å². The maximum absolute atomic E-state index is 13.5. The van der Waals surface area contributed by atoms with Crippen LogP contribution in [0, 0.1) is 5.92 Å². The maximum atomic E-state index is 13.5. The molecule has 1 aliphatic heterocycles. The van der Waals surface area contributed by atoms with Crippen molar-refractivity contribution in [2.75, 3.05) is 18.4 Å². The third kappa shape index (κ3) is 8.12. The minimum Gasteiger partial charge on any atom is -0.339 e. The Labute approximate surface area is 256 Å². The van der Waals surface area contributed by atoms with Gasteiger partial charge in [-0.15, -0.1) is 0 Å². The number of hydrogen-bond donors (Lipinski definition) is 1. The highest BCUT2D eigenvalue weighted by Gasteiger charge is 2.37. The molecule has 45 heavy (non-hydrogen) atoms. The van der Waals surface area contributed by atoms with Crippen molar-refractivity contribution in [3.05, 3.63) is 136 Å². The molecule has 0 bridgehead atoms. The Morgan fingerprint density at radius 2 is 1.27 bits per heavy atom. The monoisotopic (exact) mass is 624 g/mol. The van der Waals surface area contributed by atoms with Crippen molar-refractivity contribution in [3.8, 4) is 0 Å². The second-order valence-corrected chi connectivity index (χ2v) is 11.2. The summed E-state index contributed by atoms with van der Waals surface area (Å²) in [5.41, 5.74) is -1.05. The summed E-state index contributed by atoms with van der Waals surface area (Å²) < 4.78 is 80.6. The summed E-state index contributed by atoms with van der Waals surface area (Å²) in [6.45, 7) is 1.04. The van der Waals surface area contributed by atoms with Crippen LogP contribution in [0.4, 0.5) is 32.0 Å². The molecule has 0 radical (unpaired) electrons. The highest BCUT2D eigenvalue weighted by Crippen LogP contribution is 2.38. The minimum absolute atomic E-state index is 0.00118. The lowest BCUT2D eigenvalue weighted by atomic mass is 9.90. The Hall–Kier alpha value is -4.60. The van der Waals surface area contributed by atoms with Gasteiger partial charge in [-0.05, 0) is 78.6 Å². The third-order valence-electron chi connectivity index (χ3n) is 7.95. The first-order valence-corrected chi connectivity index (χ1v) is 14.5. The molecule has 4 nitrogen and oxygen atoms in total. The summed E-state index contributed by atoms with van der Waals surface area (Å²) in [6.07, 6.45) is -7.37. The van der Waals surface area contributed by atoms with E-state index in [9.17, 15) is 35.9 Å². The lowest BCUT2D eigenvalue weighted by Crippen LogP contribution is -2.39. The van der Waals surface area contributed by atoms with Crippen molar-refractivity contribution >= 4 is 17.5 Å². The van der Waals surface area contributed by atoms with E-state index < -0.39 is 35.1 Å². The van der Waals surface area contributed by atoms with Crippen molar-refractivity contribution in [2.24, 2.45) is 5.92 Å². The van der Waals surface area contributed by atoms with Crippen molar-refractivity contribution in [2.45, 2.75) is 38.0 Å². The average Bonchev–Trinajstić information content (AvgIpc) is 3.01. The predicted molar refractivity (Wildman–Crippen MR) is 159 cm³/mol. The third-order valence-corrected chi connectivity index (χ3v) is 7.95. The number of halogens is 6. The number of piperidine rings is 1. The molecule has 1 fully saturated rings. The van der Waals surface area contributed by atoms with Gasteiger partial charge in [0.1, 0.15) is 0 Å². The van der Waals surface area contributed by atoms with Crippen LogP contribution in [0.5, 0.6) is 0 Å². The summed E-state index contributed by atoms with van der Waals surface area (Å²) in [5, 5.41) is 2.22. The maximum Gasteiger partial charge on any atom is 0.416 e. The van der Waals surface area contributed by atoms with Gasteiger partial charge in [0.05, 0.1) is 11.1 Å². The van der Waals surface area contributed by atoms with Crippen molar-refractivity contribution in [3.63, 3.8) is 0 Å². The largest absolute Gasteiger partial charge is 0.416 e. The fourth-order valence-corrected chi connectivity index (χ4v) is 5.59. The Balaban J connectivity index is 1.40. The second kappa shape index (κ2) is 13.2. The molecule has 1 saturated heterocycles. The first-order valence-electron chi connectivity index (χ1n) is 14.5. The lowest BCUT2D eigenvalue weighted by molar-refractivity contribution is -0.143. The molecular formula is C35H30F6N2O2. The molecule has 10 heteroatoms. The van der Waals surface area contributed by atoms with Gasteiger partial charge in [-0.1, -0.05) is 66.7 Å². The van der Waals surface area contributed by atoms with Crippen LogP contribution in [-0.2, 0) is 25.2 Å². The molecule has 2 amide bonds. The zero-order valence-electron chi connectivity index (χ0n) is 24.1. The summed E-state index contributed by atoms with van der Waals surface area (Å²) in [5.74, 6) is -0.809. The van der Waals surface area contributed by atoms with Gasteiger partial charge in [-0.3, -0.25) is 9.59 Å². The van der Waals surface area contributed by atoms with Crippen molar-refractivity contribution in [1.82, 2.24) is 4.90 Å². The molecule has 0 atom stereocenters. The van der Waals surface area contributed by atoms with Gasteiger partial charge in [0, 0.05) is 29.9 Å². The smallest absolute Gasteiger partial charge is 0.339 e. The molecule has 0 spiro atoms. The van der Waals surface area contributed by atoms with E-state index in [1.54, 1.807) is 29.2 Å². The summed E-state index contributed by atoms with van der Waals surface area (Å²) in [4.78, 5) is 28.7. The second-order valence-electron chi connectivity index (χ2n) is 11.2. The number of amides is 2.